The lowest BCUT2D eigenvalue weighted by Crippen LogP contribution is -2.17. The number of nitrogens with one attached hydrogen (secondary N) is 1. The van der Waals surface area contributed by atoms with Crippen LogP contribution in [0.5, 0.6) is 0 Å². The van der Waals surface area contributed by atoms with Gasteiger partial charge in [0, 0.05) is 17.3 Å². The Morgan fingerprint density at radius 2 is 1.58 bits per heavy atom. The van der Waals surface area contributed by atoms with Gasteiger partial charge in [0.1, 0.15) is 0 Å². The number of aromatic nitrogens is 4. The molecule has 0 saturated heterocycles. The molecule has 0 atom stereocenters. The zero-order valence-electron chi connectivity index (χ0n) is 17.2. The molecule has 7 nitrogen and oxygen atoms in total. The summed E-state index contributed by atoms with van der Waals surface area (Å²) in [5.41, 5.74) is 3.55. The van der Waals surface area contributed by atoms with Crippen LogP contribution in [0.4, 0.5) is 5.95 Å². The molecule has 4 rings (SSSR count). The lowest BCUT2D eigenvalue weighted by molar-refractivity contribution is 0.0988. The van der Waals surface area contributed by atoms with E-state index in [-0.39, 0.29) is 24.1 Å². The maximum Gasteiger partial charge on any atom is 0.258 e. The Balaban J connectivity index is 1.66. The standard InChI is InChI=1S/C24H21N5O2/c1-16-8-3-5-11-19(16)21(30)14-22-26-24(29(28-22)18-10-7-13-25-15-18)27-23(31)20-12-6-4-9-17(20)2/h3-13,15H,14H2,1-2H3,(H,26,27,28,31). The summed E-state index contributed by atoms with van der Waals surface area (Å²) < 4.78 is 1.49. The van der Waals surface area contributed by atoms with Crippen LogP contribution in [-0.4, -0.2) is 31.4 Å². The normalized spacial score (nSPS) is 10.6. The van der Waals surface area contributed by atoms with Crippen LogP contribution >= 0.6 is 0 Å². The second kappa shape index (κ2) is 8.71. The molecule has 0 aliphatic rings. The number of benzene rings is 2. The van der Waals surface area contributed by atoms with Crippen molar-refractivity contribution in [2.45, 2.75) is 20.3 Å². The molecule has 7 heteroatoms. The smallest absolute Gasteiger partial charge is 0.258 e. The van der Waals surface area contributed by atoms with E-state index >= 15 is 0 Å². The van der Waals surface area contributed by atoms with E-state index in [1.165, 1.54) is 4.68 Å². The van der Waals surface area contributed by atoms with Crippen molar-refractivity contribution < 1.29 is 9.59 Å². The number of nitrogens with zero attached hydrogens (tertiary/aromatic N) is 4. The molecule has 0 unspecified atom stereocenters. The van der Waals surface area contributed by atoms with E-state index in [1.54, 1.807) is 42.7 Å². The maximum absolute atomic E-state index is 12.8. The number of Topliss-reactive ketones (excluding diaryl/α,β-unsaturated/α-hetero) is 1. The van der Waals surface area contributed by atoms with E-state index in [4.69, 9.17) is 0 Å². The van der Waals surface area contributed by atoms with Gasteiger partial charge in [-0.1, -0.05) is 42.5 Å². The Kier molecular flexibility index (Phi) is 5.66. The number of aryl methyl sites for hydroxylation is 2. The fourth-order valence-electron chi connectivity index (χ4n) is 3.29. The van der Waals surface area contributed by atoms with Gasteiger partial charge in [0.15, 0.2) is 11.6 Å². The SMILES string of the molecule is Cc1ccccc1C(=O)Cc1nc(NC(=O)c2ccccc2C)n(-c2cccnc2)n1. The van der Waals surface area contributed by atoms with E-state index < -0.39 is 0 Å². The Labute approximate surface area is 179 Å². The molecule has 0 spiro atoms. The van der Waals surface area contributed by atoms with Gasteiger partial charge in [0.25, 0.3) is 5.91 Å². The number of rotatable bonds is 6. The van der Waals surface area contributed by atoms with Crippen molar-refractivity contribution in [1.82, 2.24) is 19.7 Å². The van der Waals surface area contributed by atoms with Crippen LogP contribution in [0.25, 0.3) is 5.69 Å². The van der Waals surface area contributed by atoms with Crippen molar-refractivity contribution in [3.63, 3.8) is 0 Å². The highest BCUT2D eigenvalue weighted by Crippen LogP contribution is 2.17. The average Bonchev–Trinajstić information content (AvgIpc) is 3.16. The van der Waals surface area contributed by atoms with E-state index in [0.717, 1.165) is 11.1 Å². The van der Waals surface area contributed by atoms with Gasteiger partial charge in [0.2, 0.25) is 5.95 Å². The van der Waals surface area contributed by atoms with Crippen molar-refractivity contribution in [3.8, 4) is 5.69 Å². The molecule has 0 fully saturated rings. The molecule has 2 aromatic heterocycles. The predicted molar refractivity (Wildman–Crippen MR) is 117 cm³/mol. The van der Waals surface area contributed by atoms with Gasteiger partial charge < -0.3 is 0 Å². The molecule has 0 bridgehead atoms. The summed E-state index contributed by atoms with van der Waals surface area (Å²) in [6.45, 7) is 3.76. The summed E-state index contributed by atoms with van der Waals surface area (Å²) in [4.78, 5) is 34.2. The predicted octanol–water partition coefficient (Wildman–Crippen LogP) is 3.96. The van der Waals surface area contributed by atoms with E-state index in [0.29, 0.717) is 22.6 Å². The molecule has 2 heterocycles. The first kappa shape index (κ1) is 20.2. The summed E-state index contributed by atoms with van der Waals surface area (Å²) in [6, 6.07) is 18.3. The van der Waals surface area contributed by atoms with Gasteiger partial charge in [-0.3, -0.25) is 19.9 Å². The number of ketones is 1. The first-order chi connectivity index (χ1) is 15.0. The minimum absolute atomic E-state index is 0.0192. The third-order valence-electron chi connectivity index (χ3n) is 4.92. The molecule has 0 saturated carbocycles. The van der Waals surface area contributed by atoms with Crippen molar-refractivity contribution in [1.29, 1.82) is 0 Å². The van der Waals surface area contributed by atoms with Gasteiger partial charge in [-0.25, -0.2) is 0 Å². The van der Waals surface area contributed by atoms with Crippen LogP contribution in [0.2, 0.25) is 0 Å². The van der Waals surface area contributed by atoms with Crippen LogP contribution in [0, 0.1) is 13.8 Å². The second-order valence-corrected chi connectivity index (χ2v) is 7.16. The summed E-state index contributed by atoms with van der Waals surface area (Å²) in [5.74, 6) is 0.164. The van der Waals surface area contributed by atoms with Crippen LogP contribution in [-0.2, 0) is 6.42 Å². The highest BCUT2D eigenvalue weighted by molar-refractivity contribution is 6.04. The fourth-order valence-corrected chi connectivity index (χ4v) is 3.29. The monoisotopic (exact) mass is 411 g/mol. The van der Waals surface area contributed by atoms with Crippen LogP contribution in [0.1, 0.15) is 37.7 Å². The maximum atomic E-state index is 12.8. The number of amides is 1. The Morgan fingerprint density at radius 1 is 0.903 bits per heavy atom. The number of hydrogen-bond donors (Lipinski definition) is 1. The van der Waals surface area contributed by atoms with Gasteiger partial charge in [-0.2, -0.15) is 9.67 Å². The topological polar surface area (TPSA) is 89.8 Å². The summed E-state index contributed by atoms with van der Waals surface area (Å²) in [5, 5.41) is 7.30. The number of hydrogen-bond acceptors (Lipinski definition) is 5. The van der Waals surface area contributed by atoms with Gasteiger partial charge >= 0.3 is 0 Å². The van der Waals surface area contributed by atoms with Crippen LogP contribution < -0.4 is 5.32 Å². The number of pyridine rings is 1. The quantitative estimate of drug-likeness (QED) is 0.485. The van der Waals surface area contributed by atoms with Crippen molar-refractivity contribution >= 4 is 17.6 Å². The Bertz CT molecular complexity index is 1250. The molecule has 1 amide bonds. The summed E-state index contributed by atoms with van der Waals surface area (Å²) in [7, 11) is 0. The summed E-state index contributed by atoms with van der Waals surface area (Å²) >= 11 is 0. The first-order valence-electron chi connectivity index (χ1n) is 9.85. The Morgan fingerprint density at radius 3 is 2.23 bits per heavy atom. The molecule has 154 valence electrons. The number of carbonyl (C=O) groups is 2. The van der Waals surface area contributed by atoms with Gasteiger partial charge in [0.05, 0.1) is 18.3 Å². The molecular formula is C24H21N5O2. The Hall–Kier alpha value is -4.13. The molecule has 1 N–H and O–H groups in total. The van der Waals surface area contributed by atoms with E-state index in [2.05, 4.69) is 20.4 Å². The summed E-state index contributed by atoms with van der Waals surface area (Å²) in [6.07, 6.45) is 3.28. The molecular weight excluding hydrogens is 390 g/mol. The highest BCUT2D eigenvalue weighted by Gasteiger charge is 2.19. The lowest BCUT2D eigenvalue weighted by Gasteiger charge is -2.08. The van der Waals surface area contributed by atoms with E-state index in [9.17, 15) is 9.59 Å². The minimum atomic E-state index is -0.299. The van der Waals surface area contributed by atoms with E-state index in [1.807, 2.05) is 44.2 Å². The second-order valence-electron chi connectivity index (χ2n) is 7.16. The first-order valence-corrected chi connectivity index (χ1v) is 9.85. The minimum Gasteiger partial charge on any atom is -0.294 e. The zero-order valence-corrected chi connectivity index (χ0v) is 17.2. The van der Waals surface area contributed by atoms with Crippen molar-refractivity contribution in [2.75, 3.05) is 5.32 Å². The molecule has 0 aliphatic carbocycles. The third-order valence-corrected chi connectivity index (χ3v) is 4.92. The molecule has 0 aliphatic heterocycles. The third kappa shape index (κ3) is 4.40. The molecule has 4 aromatic rings. The largest absolute Gasteiger partial charge is 0.294 e. The van der Waals surface area contributed by atoms with Crippen LogP contribution in [0.3, 0.4) is 0 Å². The average molecular weight is 411 g/mol. The number of carbonyl (C=O) groups excluding carboxylic acids is 2. The van der Waals surface area contributed by atoms with Crippen LogP contribution in [0.15, 0.2) is 73.1 Å². The van der Waals surface area contributed by atoms with Gasteiger partial charge in [-0.15, -0.1) is 5.10 Å². The van der Waals surface area contributed by atoms with Gasteiger partial charge in [-0.05, 0) is 43.2 Å². The lowest BCUT2D eigenvalue weighted by atomic mass is 10.0. The zero-order chi connectivity index (χ0) is 21.8. The fraction of sp³-hybridized carbons (Fsp3) is 0.125. The molecule has 0 radical (unpaired) electrons. The van der Waals surface area contributed by atoms with Crippen molar-refractivity contribution in [2.24, 2.45) is 0 Å². The molecule has 2 aromatic carbocycles. The number of anilines is 1. The highest BCUT2D eigenvalue weighted by atomic mass is 16.2. The molecule has 31 heavy (non-hydrogen) atoms. The van der Waals surface area contributed by atoms with Crippen molar-refractivity contribution in [3.05, 3.63) is 101 Å².